The number of nitrogens with one attached hydrogen (secondary N) is 2. The molecule has 0 bridgehead atoms. The van der Waals surface area contributed by atoms with Crippen LogP contribution in [0.5, 0.6) is 0 Å². The molecular formula is C23H27FN4O3. The van der Waals surface area contributed by atoms with Crippen LogP contribution in [0.4, 0.5) is 21.5 Å². The van der Waals surface area contributed by atoms with Crippen molar-refractivity contribution in [3.8, 4) is 0 Å². The summed E-state index contributed by atoms with van der Waals surface area (Å²) in [6.45, 7) is 5.12. The summed E-state index contributed by atoms with van der Waals surface area (Å²) in [4.78, 5) is 41.1. The van der Waals surface area contributed by atoms with Gasteiger partial charge in [-0.3, -0.25) is 19.3 Å². The van der Waals surface area contributed by atoms with Gasteiger partial charge in [0.05, 0.1) is 24.0 Å². The lowest BCUT2D eigenvalue weighted by molar-refractivity contribution is -0.123. The molecule has 0 aliphatic carbocycles. The van der Waals surface area contributed by atoms with Gasteiger partial charge in [0.1, 0.15) is 5.82 Å². The molecule has 2 atom stereocenters. The average molecular weight is 426 g/mol. The number of benzene rings is 2. The molecule has 7 nitrogen and oxygen atoms in total. The summed E-state index contributed by atoms with van der Waals surface area (Å²) in [7, 11) is 1.68. The molecule has 0 fully saturated rings. The van der Waals surface area contributed by atoms with E-state index < -0.39 is 11.9 Å². The van der Waals surface area contributed by atoms with Crippen LogP contribution < -0.4 is 15.5 Å². The highest BCUT2D eigenvalue weighted by Gasteiger charge is 2.31. The van der Waals surface area contributed by atoms with Gasteiger partial charge in [-0.2, -0.15) is 0 Å². The van der Waals surface area contributed by atoms with E-state index in [0.717, 1.165) is 0 Å². The summed E-state index contributed by atoms with van der Waals surface area (Å²) in [5.74, 6) is -1.12. The van der Waals surface area contributed by atoms with Crippen molar-refractivity contribution >= 4 is 34.8 Å². The lowest BCUT2D eigenvalue weighted by Crippen LogP contribution is -2.48. The topological polar surface area (TPSA) is 81.8 Å². The predicted octanol–water partition coefficient (Wildman–Crippen LogP) is 3.16. The van der Waals surface area contributed by atoms with Gasteiger partial charge in [0.15, 0.2) is 0 Å². The summed E-state index contributed by atoms with van der Waals surface area (Å²) >= 11 is 0. The summed E-state index contributed by atoms with van der Waals surface area (Å²) in [6.07, 6.45) is 0.180. The van der Waals surface area contributed by atoms with E-state index in [4.69, 9.17) is 0 Å². The maximum absolute atomic E-state index is 13.7. The lowest BCUT2D eigenvalue weighted by atomic mass is 10.1. The molecule has 8 heteroatoms. The van der Waals surface area contributed by atoms with Crippen molar-refractivity contribution in [1.82, 2.24) is 4.90 Å². The standard InChI is InChI=1S/C23H27FN4O3/c1-14-9-10-17(12-18(14)24)25-23(31)16(3)27(4)13-22(30)28-15(2)11-21(29)26-19-7-5-6-8-20(19)28/h5-10,12,15-16H,11,13H2,1-4H3,(H,25,31)(H,26,29)/t15-,16+/m0/s1. The second kappa shape index (κ2) is 9.26. The number of aryl methyl sites for hydroxylation is 1. The largest absolute Gasteiger partial charge is 0.325 e. The van der Waals surface area contributed by atoms with Crippen LogP contribution in [0, 0.1) is 12.7 Å². The van der Waals surface area contributed by atoms with Crippen LogP contribution in [-0.4, -0.2) is 48.3 Å². The molecule has 0 saturated heterocycles. The monoisotopic (exact) mass is 426 g/mol. The number of fused-ring (bicyclic) bond motifs is 1. The summed E-state index contributed by atoms with van der Waals surface area (Å²) in [5, 5.41) is 5.51. The molecule has 1 aliphatic rings. The quantitative estimate of drug-likeness (QED) is 0.770. The Morgan fingerprint density at radius 3 is 2.71 bits per heavy atom. The Balaban J connectivity index is 1.70. The van der Waals surface area contributed by atoms with E-state index >= 15 is 0 Å². The van der Waals surface area contributed by atoms with Gasteiger partial charge in [-0.1, -0.05) is 18.2 Å². The van der Waals surface area contributed by atoms with Gasteiger partial charge in [0.25, 0.3) is 0 Å². The zero-order valence-corrected chi connectivity index (χ0v) is 18.1. The predicted molar refractivity (Wildman–Crippen MR) is 118 cm³/mol. The number of nitrogens with zero attached hydrogens (tertiary/aromatic N) is 2. The van der Waals surface area contributed by atoms with E-state index in [-0.39, 0.29) is 36.7 Å². The number of anilines is 3. The third-order valence-electron chi connectivity index (χ3n) is 5.49. The van der Waals surface area contributed by atoms with Gasteiger partial charge < -0.3 is 15.5 Å². The van der Waals surface area contributed by atoms with Crippen LogP contribution in [0.1, 0.15) is 25.8 Å². The first-order valence-corrected chi connectivity index (χ1v) is 10.2. The first-order chi connectivity index (χ1) is 14.7. The zero-order chi connectivity index (χ0) is 22.7. The molecule has 0 saturated carbocycles. The Morgan fingerprint density at radius 1 is 1.29 bits per heavy atom. The third-order valence-corrected chi connectivity index (χ3v) is 5.49. The molecule has 3 rings (SSSR count). The molecular weight excluding hydrogens is 399 g/mol. The summed E-state index contributed by atoms with van der Waals surface area (Å²) < 4.78 is 13.7. The van der Waals surface area contributed by atoms with E-state index in [9.17, 15) is 18.8 Å². The van der Waals surface area contributed by atoms with Gasteiger partial charge in [-0.25, -0.2) is 4.39 Å². The van der Waals surface area contributed by atoms with Crippen LogP contribution in [-0.2, 0) is 14.4 Å². The fourth-order valence-corrected chi connectivity index (χ4v) is 3.51. The SMILES string of the molecule is Cc1ccc(NC(=O)[C@@H](C)N(C)CC(=O)N2c3ccccc3NC(=O)C[C@@H]2C)cc1F. The molecule has 2 aromatic rings. The van der Waals surface area contributed by atoms with E-state index in [1.165, 1.54) is 6.07 Å². The van der Waals surface area contributed by atoms with E-state index in [1.807, 2.05) is 13.0 Å². The molecule has 1 heterocycles. The molecule has 0 radical (unpaired) electrons. The van der Waals surface area contributed by atoms with Crippen molar-refractivity contribution in [2.75, 3.05) is 29.1 Å². The second-order valence-corrected chi connectivity index (χ2v) is 7.93. The van der Waals surface area contributed by atoms with Crippen molar-refractivity contribution in [3.05, 3.63) is 53.8 Å². The van der Waals surface area contributed by atoms with E-state index in [1.54, 1.807) is 61.0 Å². The molecule has 164 valence electrons. The highest BCUT2D eigenvalue weighted by Crippen LogP contribution is 2.31. The van der Waals surface area contributed by atoms with Crippen LogP contribution in [0.2, 0.25) is 0 Å². The number of rotatable bonds is 5. The number of carbonyl (C=O) groups excluding carboxylic acids is 3. The number of hydrogen-bond acceptors (Lipinski definition) is 4. The van der Waals surface area contributed by atoms with Crippen molar-refractivity contribution in [1.29, 1.82) is 0 Å². The van der Waals surface area contributed by atoms with E-state index in [0.29, 0.717) is 22.6 Å². The van der Waals surface area contributed by atoms with Gasteiger partial charge in [-0.15, -0.1) is 0 Å². The molecule has 31 heavy (non-hydrogen) atoms. The molecule has 3 amide bonds. The highest BCUT2D eigenvalue weighted by atomic mass is 19.1. The van der Waals surface area contributed by atoms with Gasteiger partial charge in [0, 0.05) is 18.2 Å². The molecule has 2 aromatic carbocycles. The molecule has 0 unspecified atom stereocenters. The Labute approximate surface area is 181 Å². The van der Waals surface area contributed by atoms with E-state index in [2.05, 4.69) is 10.6 Å². The molecule has 0 aromatic heterocycles. The van der Waals surface area contributed by atoms with Crippen molar-refractivity contribution in [3.63, 3.8) is 0 Å². The maximum atomic E-state index is 13.7. The van der Waals surface area contributed by atoms with Crippen molar-refractivity contribution < 1.29 is 18.8 Å². The number of halogens is 1. The molecule has 2 N–H and O–H groups in total. The Kier molecular flexibility index (Phi) is 6.70. The van der Waals surface area contributed by atoms with Crippen LogP contribution in [0.25, 0.3) is 0 Å². The minimum atomic E-state index is -0.634. The summed E-state index contributed by atoms with van der Waals surface area (Å²) in [5.41, 5.74) is 2.07. The Morgan fingerprint density at radius 2 is 2.00 bits per heavy atom. The van der Waals surface area contributed by atoms with Crippen molar-refractivity contribution in [2.45, 2.75) is 39.3 Å². The minimum Gasteiger partial charge on any atom is -0.325 e. The van der Waals surface area contributed by atoms with Gasteiger partial charge >= 0.3 is 0 Å². The number of amides is 3. The van der Waals surface area contributed by atoms with Gasteiger partial charge in [-0.05, 0) is 57.6 Å². The van der Waals surface area contributed by atoms with Crippen LogP contribution in [0.15, 0.2) is 42.5 Å². The maximum Gasteiger partial charge on any atom is 0.241 e. The number of para-hydroxylation sites is 2. The Hall–Kier alpha value is -3.26. The minimum absolute atomic E-state index is 0.0241. The number of carbonyl (C=O) groups is 3. The first-order valence-electron chi connectivity index (χ1n) is 10.2. The lowest BCUT2D eigenvalue weighted by Gasteiger charge is -2.31. The highest BCUT2D eigenvalue weighted by molar-refractivity contribution is 6.05. The fraction of sp³-hybridized carbons (Fsp3) is 0.348. The van der Waals surface area contributed by atoms with Crippen LogP contribution in [0.3, 0.4) is 0 Å². The fourth-order valence-electron chi connectivity index (χ4n) is 3.51. The average Bonchev–Trinajstić information content (AvgIpc) is 2.84. The second-order valence-electron chi connectivity index (χ2n) is 7.93. The molecule has 1 aliphatic heterocycles. The van der Waals surface area contributed by atoms with Gasteiger partial charge in [0.2, 0.25) is 17.7 Å². The normalized spacial score (nSPS) is 16.9. The smallest absolute Gasteiger partial charge is 0.241 e. The zero-order valence-electron chi connectivity index (χ0n) is 18.1. The molecule has 0 spiro atoms. The van der Waals surface area contributed by atoms with Crippen molar-refractivity contribution in [2.24, 2.45) is 0 Å². The van der Waals surface area contributed by atoms with Crippen LogP contribution >= 0.6 is 0 Å². The Bertz CT molecular complexity index is 1010. The number of hydrogen-bond donors (Lipinski definition) is 2. The number of likely N-dealkylation sites (N-methyl/N-ethyl adjacent to an activating group) is 1. The third kappa shape index (κ3) is 5.08. The summed E-state index contributed by atoms with van der Waals surface area (Å²) in [6, 6.07) is 10.7. The first kappa shape index (κ1) is 22.4.